The minimum Gasteiger partial charge on any atom is -0.461 e. The Kier molecular flexibility index (Phi) is 4.52. The van der Waals surface area contributed by atoms with Crippen molar-refractivity contribution in [2.24, 2.45) is 0 Å². The molecular formula is C17H17N3O3. The Morgan fingerprint density at radius 3 is 2.74 bits per heavy atom. The lowest BCUT2D eigenvalue weighted by Gasteiger charge is -2.16. The van der Waals surface area contributed by atoms with Crippen molar-refractivity contribution in [2.45, 2.75) is 19.4 Å². The molecule has 0 radical (unpaired) electrons. The van der Waals surface area contributed by atoms with Crippen LogP contribution in [0.4, 0.5) is 0 Å². The van der Waals surface area contributed by atoms with E-state index in [4.69, 9.17) is 8.94 Å². The third-order valence-electron chi connectivity index (χ3n) is 3.45. The fourth-order valence-corrected chi connectivity index (χ4v) is 2.21. The first-order valence-corrected chi connectivity index (χ1v) is 7.37. The van der Waals surface area contributed by atoms with Gasteiger partial charge in [-0.2, -0.15) is 4.98 Å². The molecule has 1 amide bonds. The molecule has 118 valence electrons. The van der Waals surface area contributed by atoms with Gasteiger partial charge in [0, 0.05) is 26.4 Å². The summed E-state index contributed by atoms with van der Waals surface area (Å²) >= 11 is 0. The molecule has 0 atom stereocenters. The lowest BCUT2D eigenvalue weighted by molar-refractivity contribution is -0.130. The summed E-state index contributed by atoms with van der Waals surface area (Å²) in [5.41, 5.74) is 1.10. The molecule has 6 nitrogen and oxygen atoms in total. The number of aromatic nitrogens is 2. The molecule has 0 fully saturated rings. The number of hydrogen-bond donors (Lipinski definition) is 0. The zero-order chi connectivity index (χ0) is 16.1. The van der Waals surface area contributed by atoms with Crippen molar-refractivity contribution in [3.05, 3.63) is 60.2 Å². The number of aryl methyl sites for hydroxylation is 1. The highest BCUT2D eigenvalue weighted by Gasteiger charge is 2.14. The number of hydrogen-bond acceptors (Lipinski definition) is 5. The van der Waals surface area contributed by atoms with E-state index in [1.165, 1.54) is 0 Å². The SMILES string of the molecule is CN(Cc1ccccc1)C(=O)CCc1nc(-c2ccco2)no1. The molecule has 23 heavy (non-hydrogen) atoms. The Morgan fingerprint density at radius 2 is 2.00 bits per heavy atom. The van der Waals surface area contributed by atoms with Crippen molar-refractivity contribution in [1.82, 2.24) is 15.0 Å². The van der Waals surface area contributed by atoms with Crippen LogP contribution in [0, 0.1) is 0 Å². The largest absolute Gasteiger partial charge is 0.461 e. The van der Waals surface area contributed by atoms with E-state index >= 15 is 0 Å². The van der Waals surface area contributed by atoms with Gasteiger partial charge in [-0.25, -0.2) is 0 Å². The van der Waals surface area contributed by atoms with Gasteiger partial charge in [0.15, 0.2) is 5.76 Å². The summed E-state index contributed by atoms with van der Waals surface area (Å²) in [5.74, 6) is 1.41. The maximum Gasteiger partial charge on any atom is 0.238 e. The summed E-state index contributed by atoms with van der Waals surface area (Å²) in [4.78, 5) is 18.1. The minimum atomic E-state index is 0.0339. The van der Waals surface area contributed by atoms with Gasteiger partial charge in [0.1, 0.15) is 0 Å². The first-order chi connectivity index (χ1) is 11.2. The molecule has 0 aliphatic carbocycles. The molecule has 3 rings (SSSR count). The first-order valence-electron chi connectivity index (χ1n) is 7.37. The fourth-order valence-electron chi connectivity index (χ4n) is 2.21. The number of carbonyl (C=O) groups excluding carboxylic acids is 1. The first kappa shape index (κ1) is 15.0. The molecule has 0 unspecified atom stereocenters. The third-order valence-corrected chi connectivity index (χ3v) is 3.45. The molecule has 2 aromatic heterocycles. The molecule has 0 saturated carbocycles. The van der Waals surface area contributed by atoms with Gasteiger partial charge in [-0.15, -0.1) is 0 Å². The van der Waals surface area contributed by atoms with Crippen molar-refractivity contribution >= 4 is 5.91 Å². The zero-order valence-corrected chi connectivity index (χ0v) is 12.8. The monoisotopic (exact) mass is 311 g/mol. The Labute approximate surface area is 133 Å². The van der Waals surface area contributed by atoms with Crippen LogP contribution < -0.4 is 0 Å². The normalized spacial score (nSPS) is 10.7. The van der Waals surface area contributed by atoms with Crippen molar-refractivity contribution in [3.63, 3.8) is 0 Å². The van der Waals surface area contributed by atoms with Crippen LogP contribution in [0.2, 0.25) is 0 Å². The molecule has 0 N–H and O–H groups in total. The van der Waals surface area contributed by atoms with Gasteiger partial charge in [-0.1, -0.05) is 35.5 Å². The molecule has 1 aromatic carbocycles. The Bertz CT molecular complexity index is 751. The van der Waals surface area contributed by atoms with E-state index in [0.717, 1.165) is 5.56 Å². The second kappa shape index (κ2) is 6.91. The number of rotatable bonds is 6. The van der Waals surface area contributed by atoms with E-state index < -0.39 is 0 Å². The fraction of sp³-hybridized carbons (Fsp3) is 0.235. The summed E-state index contributed by atoms with van der Waals surface area (Å²) in [7, 11) is 1.79. The van der Waals surface area contributed by atoms with Gasteiger partial charge in [0.25, 0.3) is 0 Å². The van der Waals surface area contributed by atoms with Gasteiger partial charge in [-0.05, 0) is 17.7 Å². The van der Waals surface area contributed by atoms with Crippen LogP contribution in [0.3, 0.4) is 0 Å². The van der Waals surface area contributed by atoms with Crippen LogP contribution in [0.25, 0.3) is 11.6 Å². The van der Waals surface area contributed by atoms with Gasteiger partial charge in [-0.3, -0.25) is 4.79 Å². The Morgan fingerprint density at radius 1 is 1.17 bits per heavy atom. The van der Waals surface area contributed by atoms with Crippen molar-refractivity contribution < 1.29 is 13.7 Å². The Balaban J connectivity index is 1.52. The van der Waals surface area contributed by atoms with Crippen molar-refractivity contribution in [3.8, 4) is 11.6 Å². The van der Waals surface area contributed by atoms with E-state index in [2.05, 4.69) is 10.1 Å². The average molecular weight is 311 g/mol. The molecule has 0 aliphatic rings. The van der Waals surface area contributed by atoms with E-state index in [0.29, 0.717) is 36.9 Å². The summed E-state index contributed by atoms with van der Waals surface area (Å²) in [6, 6.07) is 13.4. The molecule has 0 aliphatic heterocycles. The highest BCUT2D eigenvalue weighted by atomic mass is 16.5. The van der Waals surface area contributed by atoms with Crippen LogP contribution in [-0.4, -0.2) is 28.0 Å². The maximum absolute atomic E-state index is 12.2. The predicted molar refractivity (Wildman–Crippen MR) is 83.2 cm³/mol. The molecule has 6 heteroatoms. The summed E-state index contributed by atoms with van der Waals surface area (Å²) < 4.78 is 10.3. The van der Waals surface area contributed by atoms with Crippen LogP contribution in [0.1, 0.15) is 17.9 Å². The number of carbonyl (C=O) groups is 1. The second-order valence-electron chi connectivity index (χ2n) is 5.22. The summed E-state index contributed by atoms with van der Waals surface area (Å²) in [6.45, 7) is 0.584. The van der Waals surface area contributed by atoms with Gasteiger partial charge in [0.2, 0.25) is 17.6 Å². The predicted octanol–water partition coefficient (Wildman–Crippen LogP) is 2.92. The smallest absolute Gasteiger partial charge is 0.238 e. The number of benzene rings is 1. The number of amides is 1. The van der Waals surface area contributed by atoms with E-state index in [-0.39, 0.29) is 5.91 Å². The minimum absolute atomic E-state index is 0.0339. The second-order valence-corrected chi connectivity index (χ2v) is 5.22. The molecule has 0 saturated heterocycles. The average Bonchev–Trinajstić information content (AvgIpc) is 3.24. The zero-order valence-electron chi connectivity index (χ0n) is 12.8. The molecule has 0 bridgehead atoms. The van der Waals surface area contributed by atoms with Crippen molar-refractivity contribution in [1.29, 1.82) is 0 Å². The molecule has 0 spiro atoms. The van der Waals surface area contributed by atoms with E-state index in [1.54, 1.807) is 30.3 Å². The van der Waals surface area contributed by atoms with E-state index in [9.17, 15) is 4.79 Å². The van der Waals surface area contributed by atoms with Crippen LogP contribution in [-0.2, 0) is 17.8 Å². The maximum atomic E-state index is 12.2. The van der Waals surface area contributed by atoms with Crippen molar-refractivity contribution in [2.75, 3.05) is 7.05 Å². The lowest BCUT2D eigenvalue weighted by atomic mass is 10.2. The molecule has 3 aromatic rings. The molecular weight excluding hydrogens is 294 g/mol. The molecule has 2 heterocycles. The quantitative estimate of drug-likeness (QED) is 0.700. The van der Waals surface area contributed by atoms with Gasteiger partial charge in [0.05, 0.1) is 6.26 Å². The standard InChI is InChI=1S/C17H17N3O3/c1-20(12-13-6-3-2-4-7-13)16(21)10-9-15-18-17(19-23-15)14-8-5-11-22-14/h2-8,11H,9-10,12H2,1H3. The van der Waals surface area contributed by atoms with Crippen LogP contribution in [0.15, 0.2) is 57.7 Å². The summed E-state index contributed by atoms with van der Waals surface area (Å²) in [6.07, 6.45) is 2.28. The van der Waals surface area contributed by atoms with Gasteiger partial charge < -0.3 is 13.8 Å². The number of nitrogens with zero attached hydrogens (tertiary/aromatic N) is 3. The lowest BCUT2D eigenvalue weighted by Crippen LogP contribution is -2.26. The van der Waals surface area contributed by atoms with E-state index in [1.807, 2.05) is 30.3 Å². The van der Waals surface area contributed by atoms with Crippen LogP contribution in [0.5, 0.6) is 0 Å². The number of furan rings is 1. The summed E-state index contributed by atoms with van der Waals surface area (Å²) in [5, 5.41) is 3.84. The Hall–Kier alpha value is -2.89. The highest BCUT2D eigenvalue weighted by Crippen LogP contribution is 2.16. The van der Waals surface area contributed by atoms with Crippen LogP contribution >= 0.6 is 0 Å². The topological polar surface area (TPSA) is 72.4 Å². The highest BCUT2D eigenvalue weighted by molar-refractivity contribution is 5.76. The van der Waals surface area contributed by atoms with Gasteiger partial charge >= 0.3 is 0 Å². The third kappa shape index (κ3) is 3.85.